The Bertz CT molecular complexity index is 549. The van der Waals surface area contributed by atoms with Crippen molar-refractivity contribution >= 4 is 17.7 Å². The molecule has 1 saturated carbocycles. The fraction of sp³-hybridized carbons (Fsp3) is 0.556. The van der Waals surface area contributed by atoms with Gasteiger partial charge in [-0.15, -0.1) is 11.8 Å². The van der Waals surface area contributed by atoms with Crippen molar-refractivity contribution in [1.82, 2.24) is 5.32 Å². The minimum atomic E-state index is -0.636. The zero-order valence-corrected chi connectivity index (χ0v) is 14.2. The molecule has 2 unspecified atom stereocenters. The molecule has 22 heavy (non-hydrogen) atoms. The van der Waals surface area contributed by atoms with E-state index in [1.54, 1.807) is 11.8 Å². The first-order valence-corrected chi connectivity index (χ1v) is 8.93. The predicted octanol–water partition coefficient (Wildman–Crippen LogP) is 4.07. The Morgan fingerprint density at radius 3 is 2.82 bits per heavy atom. The summed E-state index contributed by atoms with van der Waals surface area (Å²) in [4.78, 5) is 13.3. The van der Waals surface area contributed by atoms with Crippen LogP contribution in [-0.2, 0) is 4.79 Å². The third-order valence-corrected chi connectivity index (χ3v) is 5.22. The van der Waals surface area contributed by atoms with E-state index in [0.29, 0.717) is 12.3 Å². The molecule has 0 saturated heterocycles. The number of rotatable bonds is 5. The lowest BCUT2D eigenvalue weighted by Crippen LogP contribution is -2.50. The van der Waals surface area contributed by atoms with Gasteiger partial charge in [-0.1, -0.05) is 31.0 Å². The Kier molecular flexibility index (Phi) is 5.90. The number of nitrogens with zero attached hydrogens (tertiary/aromatic N) is 1. The topological polar surface area (TPSA) is 52.9 Å². The smallest absolute Gasteiger partial charge is 0.222 e. The second-order valence-electron chi connectivity index (χ2n) is 6.36. The highest BCUT2D eigenvalue weighted by molar-refractivity contribution is 7.99. The van der Waals surface area contributed by atoms with E-state index in [9.17, 15) is 10.1 Å². The van der Waals surface area contributed by atoms with Gasteiger partial charge in [0, 0.05) is 17.1 Å². The van der Waals surface area contributed by atoms with Crippen LogP contribution in [0, 0.1) is 24.2 Å². The molecular formula is C18H24N2OS. The van der Waals surface area contributed by atoms with E-state index in [4.69, 9.17) is 0 Å². The number of benzene rings is 1. The molecule has 118 valence electrons. The zero-order chi connectivity index (χ0) is 16.0. The molecule has 1 amide bonds. The average Bonchev–Trinajstić information content (AvgIpc) is 2.49. The Balaban J connectivity index is 1.79. The summed E-state index contributed by atoms with van der Waals surface area (Å²) in [5.74, 6) is 1.25. The first-order chi connectivity index (χ1) is 10.5. The Hall–Kier alpha value is -1.47. The second kappa shape index (κ2) is 7.69. The molecule has 0 aromatic heterocycles. The lowest BCUT2D eigenvalue weighted by molar-refractivity contribution is -0.122. The van der Waals surface area contributed by atoms with Crippen LogP contribution in [-0.4, -0.2) is 17.2 Å². The van der Waals surface area contributed by atoms with E-state index >= 15 is 0 Å². The van der Waals surface area contributed by atoms with Crippen molar-refractivity contribution in [2.24, 2.45) is 5.92 Å². The largest absolute Gasteiger partial charge is 0.338 e. The fourth-order valence-corrected chi connectivity index (χ4v) is 3.87. The molecule has 1 fully saturated rings. The first kappa shape index (κ1) is 16.9. The van der Waals surface area contributed by atoms with E-state index in [2.05, 4.69) is 49.5 Å². The highest BCUT2D eigenvalue weighted by Gasteiger charge is 2.36. The first-order valence-electron chi connectivity index (χ1n) is 7.95. The highest BCUT2D eigenvalue weighted by Crippen LogP contribution is 2.32. The van der Waals surface area contributed by atoms with Gasteiger partial charge in [0.15, 0.2) is 0 Å². The van der Waals surface area contributed by atoms with Gasteiger partial charge in [0.25, 0.3) is 0 Å². The third kappa shape index (κ3) is 4.78. The lowest BCUT2D eigenvalue weighted by atomic mass is 9.77. The molecule has 0 bridgehead atoms. The zero-order valence-electron chi connectivity index (χ0n) is 13.4. The minimum Gasteiger partial charge on any atom is -0.338 e. The monoisotopic (exact) mass is 316 g/mol. The highest BCUT2D eigenvalue weighted by atomic mass is 32.2. The number of thioether (sulfide) groups is 1. The summed E-state index contributed by atoms with van der Waals surface area (Å²) in [5, 5.41) is 12.5. The standard InChI is InChI=1S/C18H24N2OS/c1-14-5-7-16(8-6-14)22-11-9-17(21)20-18(13-19)10-3-4-15(2)12-18/h5-8,15H,3-4,9-12H2,1-2H3,(H,20,21). The Morgan fingerprint density at radius 2 is 2.18 bits per heavy atom. The van der Waals surface area contributed by atoms with Crippen molar-refractivity contribution in [2.45, 2.75) is 56.4 Å². The molecule has 0 heterocycles. The molecular weight excluding hydrogens is 292 g/mol. The number of amides is 1. The fourth-order valence-electron chi connectivity index (χ4n) is 3.02. The molecule has 2 rings (SSSR count). The van der Waals surface area contributed by atoms with Gasteiger partial charge in [0.05, 0.1) is 6.07 Å². The van der Waals surface area contributed by atoms with Gasteiger partial charge >= 0.3 is 0 Å². The summed E-state index contributed by atoms with van der Waals surface area (Å²) in [5.41, 5.74) is 0.605. The van der Waals surface area contributed by atoms with Crippen LogP contribution in [0.5, 0.6) is 0 Å². The quantitative estimate of drug-likeness (QED) is 0.833. The van der Waals surface area contributed by atoms with Gasteiger partial charge in [0.1, 0.15) is 5.54 Å². The van der Waals surface area contributed by atoms with E-state index in [1.165, 1.54) is 10.5 Å². The molecule has 3 nitrogen and oxygen atoms in total. The number of nitrogens with one attached hydrogen (secondary N) is 1. The van der Waals surface area contributed by atoms with Crippen LogP contribution in [0.4, 0.5) is 0 Å². The normalized spacial score (nSPS) is 24.5. The maximum Gasteiger partial charge on any atom is 0.222 e. The molecule has 1 aliphatic rings. The van der Waals surface area contributed by atoms with Crippen LogP contribution in [0.1, 0.15) is 44.6 Å². The van der Waals surface area contributed by atoms with Crippen LogP contribution in [0.15, 0.2) is 29.2 Å². The van der Waals surface area contributed by atoms with Crippen molar-refractivity contribution in [3.63, 3.8) is 0 Å². The molecule has 1 aliphatic carbocycles. The van der Waals surface area contributed by atoms with Crippen LogP contribution >= 0.6 is 11.8 Å². The van der Waals surface area contributed by atoms with Gasteiger partial charge in [-0.3, -0.25) is 4.79 Å². The van der Waals surface area contributed by atoms with E-state index in [0.717, 1.165) is 31.4 Å². The minimum absolute atomic E-state index is 0.00439. The van der Waals surface area contributed by atoms with Crippen LogP contribution in [0.3, 0.4) is 0 Å². The predicted molar refractivity (Wildman–Crippen MR) is 90.6 cm³/mol. The number of carbonyl (C=O) groups is 1. The van der Waals surface area contributed by atoms with Gasteiger partial charge in [-0.25, -0.2) is 0 Å². The molecule has 2 atom stereocenters. The van der Waals surface area contributed by atoms with Crippen molar-refractivity contribution in [3.05, 3.63) is 29.8 Å². The van der Waals surface area contributed by atoms with Gasteiger partial charge in [-0.2, -0.15) is 5.26 Å². The summed E-state index contributed by atoms with van der Waals surface area (Å²) >= 11 is 1.68. The molecule has 1 aromatic carbocycles. The Morgan fingerprint density at radius 1 is 1.45 bits per heavy atom. The van der Waals surface area contributed by atoms with Crippen molar-refractivity contribution < 1.29 is 4.79 Å². The van der Waals surface area contributed by atoms with E-state index < -0.39 is 5.54 Å². The lowest BCUT2D eigenvalue weighted by Gasteiger charge is -2.35. The average molecular weight is 316 g/mol. The van der Waals surface area contributed by atoms with Crippen molar-refractivity contribution in [1.29, 1.82) is 5.26 Å². The number of hydrogen-bond acceptors (Lipinski definition) is 3. The second-order valence-corrected chi connectivity index (χ2v) is 7.52. The number of carbonyl (C=O) groups excluding carboxylic acids is 1. The molecule has 0 radical (unpaired) electrons. The molecule has 1 aromatic rings. The molecule has 1 N–H and O–H groups in total. The van der Waals surface area contributed by atoms with E-state index in [-0.39, 0.29) is 5.91 Å². The van der Waals surface area contributed by atoms with Crippen LogP contribution in [0.2, 0.25) is 0 Å². The molecule has 4 heteroatoms. The summed E-state index contributed by atoms with van der Waals surface area (Å²) in [6.07, 6.45) is 4.19. The van der Waals surface area contributed by atoms with Gasteiger partial charge < -0.3 is 5.32 Å². The number of aryl methyl sites for hydroxylation is 1. The summed E-state index contributed by atoms with van der Waals surface area (Å²) in [7, 11) is 0. The maximum absolute atomic E-state index is 12.2. The summed E-state index contributed by atoms with van der Waals surface area (Å²) in [6.45, 7) is 4.22. The molecule has 0 spiro atoms. The maximum atomic E-state index is 12.2. The SMILES string of the molecule is Cc1ccc(SCCC(=O)NC2(C#N)CCCC(C)C2)cc1. The van der Waals surface area contributed by atoms with Crippen LogP contribution < -0.4 is 5.32 Å². The third-order valence-electron chi connectivity index (χ3n) is 4.21. The number of nitriles is 1. The van der Waals surface area contributed by atoms with Gasteiger partial charge in [-0.05, 0) is 44.2 Å². The summed E-state index contributed by atoms with van der Waals surface area (Å²) in [6, 6.07) is 10.7. The van der Waals surface area contributed by atoms with Crippen molar-refractivity contribution in [2.75, 3.05) is 5.75 Å². The van der Waals surface area contributed by atoms with Gasteiger partial charge in [0.2, 0.25) is 5.91 Å². The van der Waals surface area contributed by atoms with Crippen molar-refractivity contribution in [3.8, 4) is 6.07 Å². The Labute approximate surface area is 137 Å². The van der Waals surface area contributed by atoms with Crippen LogP contribution in [0.25, 0.3) is 0 Å². The molecule has 0 aliphatic heterocycles. The number of hydrogen-bond donors (Lipinski definition) is 1. The van der Waals surface area contributed by atoms with E-state index in [1.807, 2.05) is 0 Å². The summed E-state index contributed by atoms with van der Waals surface area (Å²) < 4.78 is 0.